The summed E-state index contributed by atoms with van der Waals surface area (Å²) in [6.07, 6.45) is -5.75. The Balaban J connectivity index is 1.40. The fraction of sp³-hybridized carbons (Fsp3) is 0.455. The summed E-state index contributed by atoms with van der Waals surface area (Å²) in [7, 11) is 0. The Labute approximate surface area is 258 Å². The number of morpholine rings is 1. The molecule has 242 valence electrons. The molecular formula is C33H36F6N4O2. The van der Waals surface area contributed by atoms with Gasteiger partial charge in [0.15, 0.2) is 0 Å². The van der Waals surface area contributed by atoms with Crippen molar-refractivity contribution < 1.29 is 35.9 Å². The van der Waals surface area contributed by atoms with Crippen LogP contribution in [0.3, 0.4) is 0 Å². The number of hydrogen-bond acceptors (Lipinski definition) is 5. The van der Waals surface area contributed by atoms with Crippen molar-refractivity contribution in [1.29, 1.82) is 0 Å². The third kappa shape index (κ3) is 8.42. The number of amides is 1. The van der Waals surface area contributed by atoms with Crippen LogP contribution in [0.4, 0.5) is 26.3 Å². The first-order chi connectivity index (χ1) is 21.3. The van der Waals surface area contributed by atoms with Crippen molar-refractivity contribution in [3.8, 4) is 11.1 Å². The Morgan fingerprint density at radius 2 is 1.40 bits per heavy atom. The largest absolute Gasteiger partial charge is 0.416 e. The lowest BCUT2D eigenvalue weighted by Crippen LogP contribution is -2.57. The lowest BCUT2D eigenvalue weighted by molar-refractivity contribution is -0.138. The molecule has 3 atom stereocenters. The highest BCUT2D eigenvalue weighted by Crippen LogP contribution is 2.34. The zero-order valence-corrected chi connectivity index (χ0v) is 25.1. The van der Waals surface area contributed by atoms with Crippen LogP contribution in [0, 0.1) is 0 Å². The smallest absolute Gasteiger partial charge is 0.373 e. The molecule has 0 spiro atoms. The normalized spacial score (nSPS) is 22.0. The molecule has 45 heavy (non-hydrogen) atoms. The molecule has 2 saturated heterocycles. The van der Waals surface area contributed by atoms with Gasteiger partial charge >= 0.3 is 12.4 Å². The molecule has 0 N–H and O–H groups in total. The summed E-state index contributed by atoms with van der Waals surface area (Å²) in [6, 6.07) is 10.8. The number of nitrogens with zero attached hydrogens (tertiary/aromatic N) is 4. The van der Waals surface area contributed by atoms with Gasteiger partial charge in [0, 0.05) is 69.8 Å². The molecule has 0 aliphatic carbocycles. The summed E-state index contributed by atoms with van der Waals surface area (Å²) < 4.78 is 87.2. The van der Waals surface area contributed by atoms with Crippen molar-refractivity contribution in [1.82, 2.24) is 19.7 Å². The molecule has 0 unspecified atom stereocenters. The van der Waals surface area contributed by atoms with Crippen molar-refractivity contribution >= 4 is 5.91 Å². The monoisotopic (exact) mass is 634 g/mol. The molecule has 0 bridgehead atoms. The molecule has 3 aromatic rings. The predicted molar refractivity (Wildman–Crippen MR) is 158 cm³/mol. The number of carbonyl (C=O) groups excluding carboxylic acids is 1. The highest BCUT2D eigenvalue weighted by molar-refractivity contribution is 5.96. The van der Waals surface area contributed by atoms with E-state index in [4.69, 9.17) is 4.74 Å². The van der Waals surface area contributed by atoms with Crippen LogP contribution in [0.2, 0.25) is 0 Å². The number of hydrogen-bond donors (Lipinski definition) is 0. The molecule has 6 nitrogen and oxygen atoms in total. The number of halogens is 6. The molecule has 1 aromatic heterocycles. The molecule has 2 fully saturated rings. The number of ether oxygens (including phenoxy) is 1. The quantitative estimate of drug-likeness (QED) is 0.287. The number of alkyl halides is 6. The van der Waals surface area contributed by atoms with Gasteiger partial charge in [0.1, 0.15) is 0 Å². The summed E-state index contributed by atoms with van der Waals surface area (Å²) in [6.45, 7) is 8.35. The Kier molecular flexibility index (Phi) is 9.85. The first-order valence-electron chi connectivity index (χ1n) is 15.0. The molecule has 0 radical (unpaired) electrons. The summed E-state index contributed by atoms with van der Waals surface area (Å²) >= 11 is 0. The van der Waals surface area contributed by atoms with Crippen LogP contribution in [0.15, 0.2) is 67.0 Å². The van der Waals surface area contributed by atoms with Crippen LogP contribution in [0.25, 0.3) is 11.1 Å². The highest BCUT2D eigenvalue weighted by Gasteiger charge is 2.36. The minimum Gasteiger partial charge on any atom is -0.373 e. The Bertz CT molecular complexity index is 1440. The van der Waals surface area contributed by atoms with Crippen LogP contribution in [-0.2, 0) is 23.5 Å². The van der Waals surface area contributed by atoms with Crippen LogP contribution in [0.1, 0.15) is 40.9 Å². The van der Waals surface area contributed by atoms with Gasteiger partial charge in [-0.25, -0.2) is 0 Å². The lowest BCUT2D eigenvalue weighted by Gasteiger charge is -2.43. The first-order valence-corrected chi connectivity index (χ1v) is 15.0. The van der Waals surface area contributed by atoms with Gasteiger partial charge in [-0.3, -0.25) is 19.6 Å². The van der Waals surface area contributed by atoms with E-state index in [1.54, 1.807) is 17.0 Å². The number of carbonyl (C=O) groups is 1. The van der Waals surface area contributed by atoms with E-state index in [0.717, 1.165) is 43.9 Å². The van der Waals surface area contributed by atoms with Crippen LogP contribution in [0.5, 0.6) is 0 Å². The molecule has 0 saturated carbocycles. The standard InChI is InChI=1S/C33H36F6N4O2/c1-22-19-42(20-23(2)45-22)12-11-41-13-14-43(30(21-41)15-24-3-5-28(6-4-24)32(34,35)36)31(44)27-16-26(25-7-9-40-10-8-25)17-29(18-27)33(37,38)39/h3-10,16-18,22-23,30H,11-15,19-21H2,1-2H3/t22-,23+,30-/m1/s1. The highest BCUT2D eigenvalue weighted by atomic mass is 19.4. The van der Waals surface area contributed by atoms with Crippen molar-refractivity contribution in [3.63, 3.8) is 0 Å². The summed E-state index contributed by atoms with van der Waals surface area (Å²) in [5, 5.41) is 0. The van der Waals surface area contributed by atoms with E-state index in [-0.39, 0.29) is 36.3 Å². The van der Waals surface area contributed by atoms with E-state index in [2.05, 4.69) is 14.8 Å². The maximum atomic E-state index is 14.0. The van der Waals surface area contributed by atoms with E-state index < -0.39 is 35.4 Å². The summed E-state index contributed by atoms with van der Waals surface area (Å²) in [5.41, 5.74) is -0.479. The minimum absolute atomic E-state index is 0.0983. The average molecular weight is 635 g/mol. The van der Waals surface area contributed by atoms with Gasteiger partial charge in [-0.2, -0.15) is 26.3 Å². The van der Waals surface area contributed by atoms with Gasteiger partial charge in [0.25, 0.3) is 5.91 Å². The molecule has 2 aromatic carbocycles. The third-order valence-corrected chi connectivity index (χ3v) is 8.33. The maximum absolute atomic E-state index is 14.0. The van der Waals surface area contributed by atoms with Gasteiger partial charge in [0.2, 0.25) is 0 Å². The molecule has 1 amide bonds. The fourth-order valence-corrected chi connectivity index (χ4v) is 6.21. The Hall–Kier alpha value is -3.48. The number of rotatable bonds is 7. The van der Waals surface area contributed by atoms with Crippen molar-refractivity contribution in [2.45, 2.75) is 50.9 Å². The van der Waals surface area contributed by atoms with Crippen molar-refractivity contribution in [2.75, 3.05) is 45.8 Å². The second kappa shape index (κ2) is 13.5. The van der Waals surface area contributed by atoms with Gasteiger partial charge in [0.05, 0.1) is 23.3 Å². The molecular weight excluding hydrogens is 598 g/mol. The third-order valence-electron chi connectivity index (χ3n) is 8.33. The zero-order valence-electron chi connectivity index (χ0n) is 25.1. The number of piperazine rings is 1. The van der Waals surface area contributed by atoms with Gasteiger partial charge in [-0.1, -0.05) is 12.1 Å². The van der Waals surface area contributed by atoms with E-state index in [9.17, 15) is 31.1 Å². The molecule has 12 heteroatoms. The minimum atomic E-state index is -4.68. The van der Waals surface area contributed by atoms with Gasteiger partial charge in [-0.15, -0.1) is 0 Å². The number of benzene rings is 2. The van der Waals surface area contributed by atoms with Crippen LogP contribution >= 0.6 is 0 Å². The van der Waals surface area contributed by atoms with E-state index >= 15 is 0 Å². The van der Waals surface area contributed by atoms with Crippen molar-refractivity contribution in [2.24, 2.45) is 0 Å². The van der Waals surface area contributed by atoms with Crippen LogP contribution < -0.4 is 0 Å². The molecule has 3 heterocycles. The summed E-state index contributed by atoms with van der Waals surface area (Å²) in [5.74, 6) is -0.552. The second-order valence-corrected chi connectivity index (χ2v) is 11.9. The maximum Gasteiger partial charge on any atom is 0.416 e. The number of pyridine rings is 1. The van der Waals surface area contributed by atoms with Crippen LogP contribution in [-0.4, -0.2) is 89.7 Å². The molecule has 5 rings (SSSR count). The SMILES string of the molecule is C[C@@H]1CN(CCN2CCN(C(=O)c3cc(-c4ccncc4)cc(C(F)(F)F)c3)[C@H](Cc3ccc(C(F)(F)F)cc3)C2)C[C@H](C)O1. The topological polar surface area (TPSA) is 48.9 Å². The fourth-order valence-electron chi connectivity index (χ4n) is 6.21. The Morgan fingerprint density at radius 3 is 2.02 bits per heavy atom. The first kappa shape index (κ1) is 32.9. The number of aromatic nitrogens is 1. The van der Waals surface area contributed by atoms with Gasteiger partial charge < -0.3 is 9.64 Å². The lowest BCUT2D eigenvalue weighted by atomic mass is 9.97. The van der Waals surface area contributed by atoms with E-state index in [0.29, 0.717) is 30.8 Å². The predicted octanol–water partition coefficient (Wildman–Crippen LogP) is 6.26. The molecule has 2 aliphatic rings. The van der Waals surface area contributed by atoms with E-state index in [1.807, 2.05) is 13.8 Å². The second-order valence-electron chi connectivity index (χ2n) is 11.9. The van der Waals surface area contributed by atoms with Crippen molar-refractivity contribution in [3.05, 3.63) is 89.2 Å². The van der Waals surface area contributed by atoms with Gasteiger partial charge in [-0.05, 0) is 79.4 Å². The van der Waals surface area contributed by atoms with E-state index in [1.165, 1.54) is 30.6 Å². The average Bonchev–Trinajstić information content (AvgIpc) is 2.99. The summed E-state index contributed by atoms with van der Waals surface area (Å²) in [4.78, 5) is 24.0. The Morgan fingerprint density at radius 1 is 0.778 bits per heavy atom. The zero-order chi connectivity index (χ0) is 32.4. The molecule has 2 aliphatic heterocycles.